The Hall–Kier alpha value is -2.08. The fourth-order valence-corrected chi connectivity index (χ4v) is 2.09. The molecule has 6 heteroatoms. The minimum atomic E-state index is 0.400. The Bertz CT molecular complexity index is 607. The highest BCUT2D eigenvalue weighted by Crippen LogP contribution is 2.21. The van der Waals surface area contributed by atoms with Gasteiger partial charge in [0.15, 0.2) is 11.6 Å². The minimum absolute atomic E-state index is 0.400. The van der Waals surface area contributed by atoms with Crippen LogP contribution in [0.4, 0.5) is 0 Å². The predicted molar refractivity (Wildman–Crippen MR) is 65.8 cm³/mol. The lowest BCUT2D eigenvalue weighted by molar-refractivity contribution is 0.411. The molecule has 0 N–H and O–H groups in total. The van der Waals surface area contributed by atoms with Gasteiger partial charge in [-0.15, -0.1) is 0 Å². The number of nitrogens with zero attached hydrogens (tertiary/aromatic N) is 3. The van der Waals surface area contributed by atoms with E-state index in [2.05, 4.69) is 15.1 Å². The summed E-state index contributed by atoms with van der Waals surface area (Å²) in [7, 11) is 0. The average molecular weight is 259 g/mol. The third-order valence-corrected chi connectivity index (χ3v) is 3.13. The molecule has 18 heavy (non-hydrogen) atoms. The Morgan fingerprint density at radius 3 is 2.94 bits per heavy atom. The molecule has 0 unspecified atom stereocenters. The Morgan fingerprint density at radius 2 is 2.17 bits per heavy atom. The number of furan rings is 1. The van der Waals surface area contributed by atoms with Gasteiger partial charge >= 0.3 is 0 Å². The van der Waals surface area contributed by atoms with E-state index in [9.17, 15) is 0 Å². The highest BCUT2D eigenvalue weighted by atomic mass is 32.2. The summed E-state index contributed by atoms with van der Waals surface area (Å²) >= 11 is 1.56. The maximum atomic E-state index is 5.18. The van der Waals surface area contributed by atoms with Gasteiger partial charge < -0.3 is 8.94 Å². The van der Waals surface area contributed by atoms with Crippen LogP contribution < -0.4 is 0 Å². The van der Waals surface area contributed by atoms with E-state index in [1.807, 2.05) is 18.2 Å². The van der Waals surface area contributed by atoms with Gasteiger partial charge in [0.1, 0.15) is 0 Å². The molecular formula is C12H9N3O2S. The van der Waals surface area contributed by atoms with E-state index in [1.54, 1.807) is 36.4 Å². The summed E-state index contributed by atoms with van der Waals surface area (Å²) in [4.78, 5) is 8.46. The molecule has 5 nitrogen and oxygen atoms in total. The SMILES string of the molecule is c1ccc(SCc2noc(-c3ccco3)n2)nc1. The topological polar surface area (TPSA) is 65.0 Å². The molecule has 3 rings (SSSR count). The fourth-order valence-electron chi connectivity index (χ4n) is 1.38. The van der Waals surface area contributed by atoms with E-state index in [0.717, 1.165) is 5.03 Å². The molecule has 3 heterocycles. The molecule has 0 saturated carbocycles. The summed E-state index contributed by atoms with van der Waals surface area (Å²) in [6, 6.07) is 9.33. The molecule has 0 amide bonds. The minimum Gasteiger partial charge on any atom is -0.459 e. The van der Waals surface area contributed by atoms with E-state index in [1.165, 1.54) is 0 Å². The summed E-state index contributed by atoms with van der Waals surface area (Å²) in [5.74, 6) is 2.21. The van der Waals surface area contributed by atoms with Gasteiger partial charge in [0.05, 0.1) is 17.0 Å². The van der Waals surface area contributed by atoms with Gasteiger partial charge in [-0.25, -0.2) is 4.98 Å². The van der Waals surface area contributed by atoms with Gasteiger partial charge in [0, 0.05) is 6.20 Å². The number of rotatable bonds is 4. The lowest BCUT2D eigenvalue weighted by Crippen LogP contribution is -1.85. The van der Waals surface area contributed by atoms with E-state index in [-0.39, 0.29) is 0 Å². The second-order valence-corrected chi connectivity index (χ2v) is 4.45. The highest BCUT2D eigenvalue weighted by Gasteiger charge is 2.11. The van der Waals surface area contributed by atoms with E-state index < -0.39 is 0 Å². The Kier molecular flexibility index (Phi) is 3.10. The van der Waals surface area contributed by atoms with Gasteiger partial charge in [-0.3, -0.25) is 0 Å². The smallest absolute Gasteiger partial charge is 0.293 e. The number of hydrogen-bond donors (Lipinski definition) is 0. The van der Waals surface area contributed by atoms with E-state index in [4.69, 9.17) is 8.94 Å². The molecule has 0 aliphatic rings. The monoisotopic (exact) mass is 259 g/mol. The maximum Gasteiger partial charge on any atom is 0.293 e. The van der Waals surface area contributed by atoms with Crippen molar-refractivity contribution >= 4 is 11.8 Å². The first-order valence-corrected chi connectivity index (χ1v) is 6.31. The van der Waals surface area contributed by atoms with Crippen molar-refractivity contribution in [3.05, 3.63) is 48.6 Å². The van der Waals surface area contributed by atoms with Crippen LogP contribution in [0.3, 0.4) is 0 Å². The summed E-state index contributed by atoms with van der Waals surface area (Å²) in [6.45, 7) is 0. The van der Waals surface area contributed by atoms with Crippen LogP contribution in [0.15, 0.2) is 56.8 Å². The quantitative estimate of drug-likeness (QED) is 0.671. The van der Waals surface area contributed by atoms with Gasteiger partial charge in [-0.2, -0.15) is 4.98 Å². The lowest BCUT2D eigenvalue weighted by Gasteiger charge is -1.94. The summed E-state index contributed by atoms with van der Waals surface area (Å²) < 4.78 is 10.3. The van der Waals surface area contributed by atoms with Crippen molar-refractivity contribution in [2.45, 2.75) is 10.8 Å². The van der Waals surface area contributed by atoms with Crippen molar-refractivity contribution in [2.75, 3.05) is 0 Å². The molecule has 0 aliphatic heterocycles. The van der Waals surface area contributed by atoms with Crippen LogP contribution in [0.2, 0.25) is 0 Å². The van der Waals surface area contributed by atoms with E-state index >= 15 is 0 Å². The van der Waals surface area contributed by atoms with Crippen LogP contribution in [0.25, 0.3) is 11.7 Å². The molecule has 0 aromatic carbocycles. The van der Waals surface area contributed by atoms with Gasteiger partial charge in [-0.05, 0) is 24.3 Å². The zero-order chi connectivity index (χ0) is 12.2. The van der Waals surface area contributed by atoms with Gasteiger partial charge in [0.25, 0.3) is 5.89 Å². The first-order valence-electron chi connectivity index (χ1n) is 5.32. The van der Waals surface area contributed by atoms with Crippen molar-refractivity contribution in [1.29, 1.82) is 0 Å². The fraction of sp³-hybridized carbons (Fsp3) is 0.0833. The second-order valence-electron chi connectivity index (χ2n) is 3.45. The van der Waals surface area contributed by atoms with Crippen molar-refractivity contribution in [2.24, 2.45) is 0 Å². The van der Waals surface area contributed by atoms with Crippen molar-refractivity contribution < 1.29 is 8.94 Å². The van der Waals surface area contributed by atoms with E-state index in [0.29, 0.717) is 23.2 Å². The standard InChI is InChI=1S/C12H9N3O2S/c1-2-6-13-11(5-1)18-8-10-14-12(17-15-10)9-4-3-7-16-9/h1-7H,8H2. The summed E-state index contributed by atoms with van der Waals surface area (Å²) in [5, 5.41) is 4.82. The van der Waals surface area contributed by atoms with Crippen LogP contribution in [0.5, 0.6) is 0 Å². The Balaban J connectivity index is 1.68. The average Bonchev–Trinajstić information content (AvgIpc) is 3.08. The highest BCUT2D eigenvalue weighted by molar-refractivity contribution is 7.98. The van der Waals surface area contributed by atoms with Crippen LogP contribution >= 0.6 is 11.8 Å². The molecule has 0 radical (unpaired) electrons. The molecule has 0 fully saturated rings. The maximum absolute atomic E-state index is 5.18. The normalized spacial score (nSPS) is 10.7. The molecule has 0 spiro atoms. The van der Waals surface area contributed by atoms with Crippen molar-refractivity contribution in [3.63, 3.8) is 0 Å². The summed E-state index contributed by atoms with van der Waals surface area (Å²) in [5.41, 5.74) is 0. The zero-order valence-electron chi connectivity index (χ0n) is 9.31. The molecule has 90 valence electrons. The third kappa shape index (κ3) is 2.43. The zero-order valence-corrected chi connectivity index (χ0v) is 10.1. The first kappa shape index (κ1) is 11.0. The molecule has 3 aromatic heterocycles. The third-order valence-electron chi connectivity index (χ3n) is 2.19. The van der Waals surface area contributed by atoms with Crippen molar-refractivity contribution in [1.82, 2.24) is 15.1 Å². The first-order chi connectivity index (χ1) is 8.92. The molecule has 0 saturated heterocycles. The molecule has 0 atom stereocenters. The van der Waals surface area contributed by atoms with Crippen LogP contribution in [-0.2, 0) is 5.75 Å². The lowest BCUT2D eigenvalue weighted by atomic mass is 10.4. The predicted octanol–water partition coefficient (Wildman–Crippen LogP) is 3.02. The van der Waals surface area contributed by atoms with Gasteiger partial charge in [0.2, 0.25) is 0 Å². The Labute approximate surface area is 107 Å². The number of thioether (sulfide) groups is 1. The van der Waals surface area contributed by atoms with Crippen LogP contribution in [0, 0.1) is 0 Å². The van der Waals surface area contributed by atoms with Crippen LogP contribution in [0.1, 0.15) is 5.82 Å². The number of aromatic nitrogens is 3. The summed E-state index contributed by atoms with van der Waals surface area (Å²) in [6.07, 6.45) is 3.33. The molecule has 3 aromatic rings. The molecule has 0 aliphatic carbocycles. The van der Waals surface area contributed by atoms with Crippen molar-refractivity contribution in [3.8, 4) is 11.7 Å². The molecule has 0 bridgehead atoms. The number of pyridine rings is 1. The number of hydrogen-bond acceptors (Lipinski definition) is 6. The second kappa shape index (κ2) is 5.05. The Morgan fingerprint density at radius 1 is 1.17 bits per heavy atom. The largest absolute Gasteiger partial charge is 0.459 e. The van der Waals surface area contributed by atoms with Crippen LogP contribution in [-0.4, -0.2) is 15.1 Å². The van der Waals surface area contributed by atoms with Gasteiger partial charge in [-0.1, -0.05) is 23.0 Å². The molecular weight excluding hydrogens is 250 g/mol.